The summed E-state index contributed by atoms with van der Waals surface area (Å²) in [5, 5.41) is 27.0. The summed E-state index contributed by atoms with van der Waals surface area (Å²) in [5.74, 6) is -2.93. The predicted octanol–water partition coefficient (Wildman–Crippen LogP) is 5.18. The summed E-state index contributed by atoms with van der Waals surface area (Å²) in [7, 11) is 3.40. The Morgan fingerprint density at radius 3 is 1.99 bits per heavy atom. The van der Waals surface area contributed by atoms with Crippen molar-refractivity contribution in [2.45, 2.75) is 62.1 Å². The Bertz CT molecular complexity index is 3020. The first-order chi connectivity index (χ1) is 36.7. The first kappa shape index (κ1) is 53.9. The van der Waals surface area contributed by atoms with Gasteiger partial charge >= 0.3 is 29.9 Å². The smallest absolute Gasteiger partial charge is 0.329 e. The number of rotatable bonds is 16. The van der Waals surface area contributed by atoms with E-state index in [1.165, 1.54) is 18.2 Å². The van der Waals surface area contributed by atoms with Gasteiger partial charge in [0, 0.05) is 18.5 Å². The molecule has 2 fully saturated rings. The van der Waals surface area contributed by atoms with Crippen LogP contribution in [0.25, 0.3) is 0 Å². The number of imide groups is 1. The SMILES string of the molecule is COC(=O)C(CC#Cc1ccc2c(c1)[C@]1(C(=O)N2C(=O)N[C@H](C(=O)OC)C(C)C)[C@H](C(=O)NC[C@H](O)c2ccccc2)[C@H]2C(=O)O[C@H](c3ccccc3)[C@H](c3ccccc3)N2[C@@H]1c1cccc(OCCO)c1)C(=O)OC. The Hall–Kier alpha value is -8.37. The molecule has 0 radical (unpaired) electrons. The van der Waals surface area contributed by atoms with Crippen LogP contribution >= 0.6 is 0 Å². The van der Waals surface area contributed by atoms with E-state index in [-0.39, 0.29) is 48.7 Å². The molecule has 0 saturated carbocycles. The van der Waals surface area contributed by atoms with Gasteiger partial charge in [-0.1, -0.05) is 129 Å². The zero-order chi connectivity index (χ0) is 54.3. The predicted molar refractivity (Wildman–Crippen MR) is 274 cm³/mol. The second-order valence-electron chi connectivity index (χ2n) is 18.8. The number of hydrogen-bond acceptors (Lipinski definition) is 15. The molecule has 3 aliphatic heterocycles. The molecule has 3 aliphatic rings. The van der Waals surface area contributed by atoms with Crippen molar-refractivity contribution in [3.05, 3.63) is 167 Å². The lowest BCUT2D eigenvalue weighted by Crippen LogP contribution is -2.58. The summed E-state index contributed by atoms with van der Waals surface area (Å²) in [6, 6.07) is 31.6. The number of ether oxygens (including phenoxy) is 5. The van der Waals surface area contributed by atoms with E-state index < -0.39 is 101 Å². The number of nitrogens with one attached hydrogen (secondary N) is 2. The van der Waals surface area contributed by atoms with Gasteiger partial charge in [0.1, 0.15) is 36.0 Å². The number of hydrogen-bond donors (Lipinski definition) is 4. The highest BCUT2D eigenvalue weighted by Crippen LogP contribution is 2.66. The quantitative estimate of drug-likeness (QED) is 0.0431. The van der Waals surface area contributed by atoms with Crippen molar-refractivity contribution in [2.75, 3.05) is 46.0 Å². The average Bonchev–Trinajstić information content (AvgIpc) is 4.07. The number of nitrogens with zero attached hydrogens (tertiary/aromatic N) is 2. The lowest BCUT2D eigenvalue weighted by molar-refractivity contribution is -0.178. The lowest BCUT2D eigenvalue weighted by atomic mass is 9.65. The van der Waals surface area contributed by atoms with Crippen molar-refractivity contribution in [2.24, 2.45) is 17.8 Å². The fraction of sp³-hybridized carbons (Fsp3) is 0.328. The van der Waals surface area contributed by atoms with E-state index in [1.807, 2.05) is 36.4 Å². The highest BCUT2D eigenvalue weighted by Gasteiger charge is 2.75. The number of cyclic esters (lactones) is 1. The third-order valence-electron chi connectivity index (χ3n) is 14.0. The van der Waals surface area contributed by atoms with Gasteiger partial charge in [-0.25, -0.2) is 14.5 Å². The monoisotopic (exact) mass is 1030 g/mol. The molecule has 5 aromatic rings. The van der Waals surface area contributed by atoms with Crippen LogP contribution < -0.4 is 20.3 Å². The van der Waals surface area contributed by atoms with Crippen LogP contribution in [0.5, 0.6) is 5.75 Å². The molecule has 18 nitrogen and oxygen atoms in total. The van der Waals surface area contributed by atoms with Crippen molar-refractivity contribution >= 4 is 47.4 Å². The van der Waals surface area contributed by atoms with Crippen LogP contribution in [0, 0.1) is 29.6 Å². The number of methoxy groups -OCH3 is 3. The second-order valence-corrected chi connectivity index (χ2v) is 18.8. The minimum absolute atomic E-state index is 0.0358. The van der Waals surface area contributed by atoms with E-state index in [0.717, 1.165) is 26.2 Å². The van der Waals surface area contributed by atoms with Gasteiger partial charge in [0.15, 0.2) is 5.92 Å². The fourth-order valence-electron chi connectivity index (χ4n) is 10.6. The van der Waals surface area contributed by atoms with Crippen molar-refractivity contribution < 1.29 is 67.5 Å². The first-order valence-electron chi connectivity index (χ1n) is 24.7. The van der Waals surface area contributed by atoms with E-state index in [4.69, 9.17) is 23.7 Å². The van der Waals surface area contributed by atoms with Crippen LogP contribution in [0.15, 0.2) is 133 Å². The average molecular weight is 1040 g/mol. The topological polar surface area (TPSA) is 237 Å². The fourth-order valence-corrected chi connectivity index (χ4v) is 10.6. The van der Waals surface area contributed by atoms with Gasteiger partial charge in [0.2, 0.25) is 11.8 Å². The summed E-state index contributed by atoms with van der Waals surface area (Å²) < 4.78 is 27.3. The molecular weight excluding hydrogens is 977 g/mol. The van der Waals surface area contributed by atoms with Gasteiger partial charge in [-0.15, -0.1) is 0 Å². The second kappa shape index (κ2) is 23.4. The Balaban J connectivity index is 1.45. The van der Waals surface area contributed by atoms with Crippen LogP contribution in [0.3, 0.4) is 0 Å². The highest BCUT2D eigenvalue weighted by atomic mass is 16.6. The largest absolute Gasteiger partial charge is 0.491 e. The van der Waals surface area contributed by atoms with E-state index in [2.05, 4.69) is 22.5 Å². The van der Waals surface area contributed by atoms with E-state index in [0.29, 0.717) is 22.3 Å². The number of amides is 4. The number of morpholine rings is 1. The van der Waals surface area contributed by atoms with Gasteiger partial charge < -0.3 is 44.5 Å². The molecule has 4 amide bonds. The van der Waals surface area contributed by atoms with Crippen molar-refractivity contribution in [3.63, 3.8) is 0 Å². The molecule has 5 aromatic carbocycles. The van der Waals surface area contributed by atoms with Crippen molar-refractivity contribution in [1.82, 2.24) is 15.5 Å². The van der Waals surface area contributed by atoms with E-state index in [9.17, 15) is 24.6 Å². The Morgan fingerprint density at radius 1 is 0.750 bits per heavy atom. The normalized spacial score (nSPS) is 21.3. The standard InChI is InChI=1S/C58H58N4O14/c1-34(2)46(54(68)74-5)60-57(71)61-43-28-27-35(17-15-26-41(52(66)72-3)53(67)73-4)31-42(43)58(56(61)70)45(51(65)59-33-44(64)36-18-9-6-10-19-36)48-55(69)76-49(38-22-13-8-14-23-38)47(37-20-11-7-12-21-37)62(48)50(58)39-24-16-25-40(32-39)75-30-29-63/h6-14,16,18-25,27-28,31-32,34,41,44-50,63-64H,26,29-30,33H2,1-5H3,(H,59,65)(H,60,71)/t44-,45-,46-,47-,48-,49+,50+,58-/m0/s1. The molecule has 0 unspecified atom stereocenters. The van der Waals surface area contributed by atoms with E-state index >= 15 is 19.2 Å². The number of fused-ring (bicyclic) bond motifs is 3. The van der Waals surface area contributed by atoms with Crippen LogP contribution in [0.4, 0.5) is 10.5 Å². The number of carbonyl (C=O) groups is 7. The number of carbonyl (C=O) groups excluding carboxylic acids is 7. The van der Waals surface area contributed by atoms with Crippen LogP contribution in [-0.4, -0.2) is 110 Å². The lowest BCUT2D eigenvalue weighted by Gasteiger charge is -2.46. The minimum Gasteiger partial charge on any atom is -0.491 e. The zero-order valence-electron chi connectivity index (χ0n) is 42.4. The number of aliphatic hydroxyl groups excluding tert-OH is 2. The molecule has 0 bridgehead atoms. The van der Waals surface area contributed by atoms with Gasteiger partial charge in [-0.3, -0.25) is 28.9 Å². The zero-order valence-corrected chi connectivity index (χ0v) is 42.4. The van der Waals surface area contributed by atoms with Crippen LogP contribution in [-0.2, 0) is 53.1 Å². The van der Waals surface area contributed by atoms with Gasteiger partial charge in [-0.2, -0.15) is 0 Å². The number of urea groups is 1. The molecule has 0 aromatic heterocycles. The molecule has 8 atom stereocenters. The Morgan fingerprint density at radius 2 is 1.37 bits per heavy atom. The third-order valence-corrected chi connectivity index (χ3v) is 14.0. The molecule has 394 valence electrons. The summed E-state index contributed by atoms with van der Waals surface area (Å²) in [5.41, 5.74) is -0.0731. The molecule has 0 aliphatic carbocycles. The number of aliphatic hydroxyl groups is 2. The van der Waals surface area contributed by atoms with E-state index in [1.54, 1.807) is 97.6 Å². The molecule has 3 heterocycles. The number of esters is 4. The number of benzene rings is 5. The summed E-state index contributed by atoms with van der Waals surface area (Å²) >= 11 is 0. The summed E-state index contributed by atoms with van der Waals surface area (Å²) in [4.78, 5) is 105. The molecule has 2 saturated heterocycles. The minimum atomic E-state index is -2.32. The summed E-state index contributed by atoms with van der Waals surface area (Å²) in [6.45, 7) is 2.52. The van der Waals surface area contributed by atoms with Crippen LogP contribution in [0.1, 0.15) is 77.9 Å². The first-order valence-corrected chi connectivity index (χ1v) is 24.7. The molecule has 8 rings (SSSR count). The van der Waals surface area contributed by atoms with Crippen LogP contribution in [0.2, 0.25) is 0 Å². The van der Waals surface area contributed by atoms with Gasteiger partial charge in [0.25, 0.3) is 0 Å². The molecular formula is C58H58N4O14. The molecule has 76 heavy (non-hydrogen) atoms. The third kappa shape index (κ3) is 10.2. The maximum absolute atomic E-state index is 16.7. The Labute approximate surface area is 439 Å². The maximum atomic E-state index is 16.7. The van der Waals surface area contributed by atoms with Crippen molar-refractivity contribution in [1.29, 1.82) is 0 Å². The molecule has 18 heteroatoms. The highest BCUT2D eigenvalue weighted by molar-refractivity contribution is 6.25. The molecule has 1 spiro atoms. The van der Waals surface area contributed by atoms with Gasteiger partial charge in [-0.05, 0) is 64.1 Å². The summed E-state index contributed by atoms with van der Waals surface area (Å²) in [6.07, 6.45) is -2.66. The maximum Gasteiger partial charge on any atom is 0.329 e. The number of anilines is 1. The van der Waals surface area contributed by atoms with Gasteiger partial charge in [0.05, 0.1) is 57.7 Å². The molecule has 4 N–H and O–H groups in total. The Kier molecular flexibility index (Phi) is 16.6. The van der Waals surface area contributed by atoms with Crippen molar-refractivity contribution in [3.8, 4) is 17.6 Å².